The quantitative estimate of drug-likeness (QED) is 0.871. The molecule has 0 aliphatic heterocycles. The van der Waals surface area contributed by atoms with Crippen LogP contribution in [0.3, 0.4) is 0 Å². The summed E-state index contributed by atoms with van der Waals surface area (Å²) in [5.74, 6) is 0. The Balaban J connectivity index is 2.07. The lowest BCUT2D eigenvalue weighted by Crippen LogP contribution is -2.36. The normalized spacial score (nSPS) is 25.4. The van der Waals surface area contributed by atoms with Crippen molar-refractivity contribution in [2.45, 2.75) is 44.8 Å². The fourth-order valence-corrected chi connectivity index (χ4v) is 2.74. The van der Waals surface area contributed by atoms with Gasteiger partial charge in [-0.2, -0.15) is 0 Å². The molecule has 1 aliphatic rings. The van der Waals surface area contributed by atoms with E-state index in [4.69, 9.17) is 0 Å². The molecular weight excluding hydrogens is 266 g/mol. The van der Waals surface area contributed by atoms with Crippen LogP contribution in [0, 0.1) is 6.92 Å². The highest BCUT2D eigenvalue weighted by molar-refractivity contribution is 9.10. The molecule has 0 amide bonds. The molecule has 0 unspecified atom stereocenters. The van der Waals surface area contributed by atoms with Crippen LogP contribution < -0.4 is 5.32 Å². The third-order valence-corrected chi connectivity index (χ3v) is 3.75. The summed E-state index contributed by atoms with van der Waals surface area (Å²) >= 11 is 3.46. The molecule has 88 valence electrons. The zero-order valence-corrected chi connectivity index (χ0v) is 11.1. The summed E-state index contributed by atoms with van der Waals surface area (Å²) in [6, 6.07) is 6.41. The van der Waals surface area contributed by atoms with Crippen molar-refractivity contribution in [1.82, 2.24) is 0 Å². The number of halogens is 1. The van der Waals surface area contributed by atoms with Gasteiger partial charge in [0.05, 0.1) is 12.1 Å². The summed E-state index contributed by atoms with van der Waals surface area (Å²) in [5.41, 5.74) is 2.35. The van der Waals surface area contributed by atoms with Crippen molar-refractivity contribution >= 4 is 21.6 Å². The Morgan fingerprint density at radius 2 is 2.06 bits per heavy atom. The Labute approximate surface area is 105 Å². The van der Waals surface area contributed by atoms with Crippen LogP contribution >= 0.6 is 15.9 Å². The molecule has 0 heterocycles. The number of anilines is 1. The standard InChI is InChI=1S/C13H18BrNO/c1-9-8-10(14)6-7-11(9)15-12-4-2-3-5-13(12)16/h6-8,12-13,15-16H,2-5H2,1H3/t12-,13-/m0/s1. The van der Waals surface area contributed by atoms with Crippen LogP contribution in [0.1, 0.15) is 31.2 Å². The summed E-state index contributed by atoms with van der Waals surface area (Å²) < 4.78 is 1.10. The first kappa shape index (κ1) is 11.9. The average Bonchev–Trinajstić information content (AvgIpc) is 2.25. The number of rotatable bonds is 2. The third kappa shape index (κ3) is 2.77. The largest absolute Gasteiger partial charge is 0.391 e. The zero-order valence-electron chi connectivity index (χ0n) is 9.54. The molecule has 1 aromatic rings. The van der Waals surface area contributed by atoms with Crippen molar-refractivity contribution in [3.63, 3.8) is 0 Å². The molecule has 2 N–H and O–H groups in total. The zero-order chi connectivity index (χ0) is 11.5. The third-order valence-electron chi connectivity index (χ3n) is 3.26. The number of hydrogen-bond donors (Lipinski definition) is 2. The summed E-state index contributed by atoms with van der Waals surface area (Å²) in [5, 5.41) is 13.4. The lowest BCUT2D eigenvalue weighted by atomic mass is 9.92. The van der Waals surface area contributed by atoms with Gasteiger partial charge in [-0.1, -0.05) is 28.8 Å². The van der Waals surface area contributed by atoms with Crippen molar-refractivity contribution in [3.8, 4) is 0 Å². The minimum Gasteiger partial charge on any atom is -0.391 e. The summed E-state index contributed by atoms with van der Waals surface area (Å²) in [6.07, 6.45) is 4.16. The number of aliphatic hydroxyl groups is 1. The average molecular weight is 284 g/mol. The Morgan fingerprint density at radius 3 is 2.75 bits per heavy atom. The second-order valence-corrected chi connectivity index (χ2v) is 5.48. The van der Waals surface area contributed by atoms with E-state index in [0.717, 1.165) is 29.4 Å². The predicted molar refractivity (Wildman–Crippen MR) is 70.8 cm³/mol. The van der Waals surface area contributed by atoms with Gasteiger partial charge in [0, 0.05) is 10.2 Å². The van der Waals surface area contributed by atoms with E-state index in [2.05, 4.69) is 40.3 Å². The smallest absolute Gasteiger partial charge is 0.0741 e. The molecule has 3 heteroatoms. The summed E-state index contributed by atoms with van der Waals surface area (Å²) in [7, 11) is 0. The van der Waals surface area contributed by atoms with Crippen LogP contribution in [-0.4, -0.2) is 17.3 Å². The molecule has 0 spiro atoms. The van der Waals surface area contributed by atoms with Gasteiger partial charge in [-0.25, -0.2) is 0 Å². The fourth-order valence-electron chi connectivity index (χ4n) is 2.27. The Hall–Kier alpha value is -0.540. The lowest BCUT2D eigenvalue weighted by molar-refractivity contribution is 0.116. The number of benzene rings is 1. The molecule has 0 radical (unpaired) electrons. The molecule has 16 heavy (non-hydrogen) atoms. The van der Waals surface area contributed by atoms with Gasteiger partial charge in [0.1, 0.15) is 0 Å². The van der Waals surface area contributed by atoms with Crippen LogP contribution in [0.5, 0.6) is 0 Å². The molecule has 2 nitrogen and oxygen atoms in total. The highest BCUT2D eigenvalue weighted by atomic mass is 79.9. The van der Waals surface area contributed by atoms with Gasteiger partial charge >= 0.3 is 0 Å². The molecule has 1 fully saturated rings. The molecule has 0 aromatic heterocycles. The van der Waals surface area contributed by atoms with Gasteiger partial charge in [0.2, 0.25) is 0 Å². The Bertz CT molecular complexity index is 367. The van der Waals surface area contributed by atoms with Crippen LogP contribution in [0.2, 0.25) is 0 Å². The van der Waals surface area contributed by atoms with Crippen molar-refractivity contribution in [1.29, 1.82) is 0 Å². The highest BCUT2D eigenvalue weighted by Gasteiger charge is 2.22. The van der Waals surface area contributed by atoms with Crippen LogP contribution in [0.15, 0.2) is 22.7 Å². The Morgan fingerprint density at radius 1 is 1.31 bits per heavy atom. The molecule has 2 rings (SSSR count). The monoisotopic (exact) mass is 283 g/mol. The number of nitrogens with one attached hydrogen (secondary N) is 1. The van der Waals surface area contributed by atoms with Crippen LogP contribution in [0.25, 0.3) is 0 Å². The summed E-state index contributed by atoms with van der Waals surface area (Å²) in [6.45, 7) is 2.09. The minimum absolute atomic E-state index is 0.197. The van der Waals surface area contributed by atoms with Gasteiger partial charge in [-0.3, -0.25) is 0 Å². The van der Waals surface area contributed by atoms with E-state index in [-0.39, 0.29) is 12.1 Å². The minimum atomic E-state index is -0.197. The molecule has 0 saturated heterocycles. The van der Waals surface area contributed by atoms with E-state index >= 15 is 0 Å². The fraction of sp³-hybridized carbons (Fsp3) is 0.538. The lowest BCUT2D eigenvalue weighted by Gasteiger charge is -2.29. The van der Waals surface area contributed by atoms with Crippen molar-refractivity contribution < 1.29 is 5.11 Å². The van der Waals surface area contributed by atoms with Crippen LogP contribution in [-0.2, 0) is 0 Å². The van der Waals surface area contributed by atoms with Crippen molar-refractivity contribution in [3.05, 3.63) is 28.2 Å². The van der Waals surface area contributed by atoms with E-state index < -0.39 is 0 Å². The number of aliphatic hydroxyl groups excluding tert-OH is 1. The second-order valence-electron chi connectivity index (χ2n) is 4.56. The van der Waals surface area contributed by atoms with Gasteiger partial charge in [0.15, 0.2) is 0 Å². The SMILES string of the molecule is Cc1cc(Br)ccc1N[C@H]1CCCC[C@@H]1O. The van der Waals surface area contributed by atoms with Gasteiger partial charge in [-0.15, -0.1) is 0 Å². The first-order valence-corrected chi connectivity index (χ1v) is 6.67. The molecule has 1 aromatic carbocycles. The molecular formula is C13H18BrNO. The molecule has 2 atom stereocenters. The van der Waals surface area contributed by atoms with Crippen LogP contribution in [0.4, 0.5) is 5.69 Å². The maximum atomic E-state index is 9.90. The number of aryl methyl sites for hydroxylation is 1. The van der Waals surface area contributed by atoms with Gasteiger partial charge in [0.25, 0.3) is 0 Å². The first-order chi connectivity index (χ1) is 7.66. The topological polar surface area (TPSA) is 32.3 Å². The Kier molecular flexibility index (Phi) is 3.87. The van der Waals surface area contributed by atoms with Crippen molar-refractivity contribution in [2.24, 2.45) is 0 Å². The van der Waals surface area contributed by atoms with E-state index in [1.54, 1.807) is 0 Å². The van der Waals surface area contributed by atoms with Gasteiger partial charge in [-0.05, 0) is 43.5 Å². The predicted octanol–water partition coefficient (Wildman–Crippen LogP) is 3.47. The van der Waals surface area contributed by atoms with E-state index in [9.17, 15) is 5.11 Å². The first-order valence-electron chi connectivity index (χ1n) is 5.87. The van der Waals surface area contributed by atoms with Gasteiger partial charge < -0.3 is 10.4 Å². The van der Waals surface area contributed by atoms with Crippen molar-refractivity contribution in [2.75, 3.05) is 5.32 Å². The highest BCUT2D eigenvalue weighted by Crippen LogP contribution is 2.25. The van der Waals surface area contributed by atoms with E-state index in [1.165, 1.54) is 12.0 Å². The van der Waals surface area contributed by atoms with E-state index in [1.807, 2.05) is 6.07 Å². The van der Waals surface area contributed by atoms with E-state index in [0.29, 0.717) is 0 Å². The second kappa shape index (κ2) is 5.19. The number of hydrogen-bond acceptors (Lipinski definition) is 2. The summed E-state index contributed by atoms with van der Waals surface area (Å²) in [4.78, 5) is 0. The maximum absolute atomic E-state index is 9.90. The maximum Gasteiger partial charge on any atom is 0.0741 e. The molecule has 1 aliphatic carbocycles. The molecule has 0 bridgehead atoms. The molecule has 1 saturated carbocycles.